The van der Waals surface area contributed by atoms with Crippen LogP contribution in [0.25, 0.3) is 0 Å². The van der Waals surface area contributed by atoms with Crippen molar-refractivity contribution in [3.63, 3.8) is 0 Å². The molecule has 136 valence electrons. The molecular formula is C17H30N4O2S. The number of nitrogens with zero attached hydrogens (tertiary/aromatic N) is 2. The zero-order valence-electron chi connectivity index (χ0n) is 15.1. The average molecular weight is 355 g/mol. The maximum absolute atomic E-state index is 5.68. The third-order valence-corrected chi connectivity index (χ3v) is 4.87. The molecule has 0 aromatic carbocycles. The van der Waals surface area contributed by atoms with Crippen LogP contribution < -0.4 is 10.6 Å². The summed E-state index contributed by atoms with van der Waals surface area (Å²) in [7, 11) is 0. The second-order valence-electron chi connectivity index (χ2n) is 5.93. The van der Waals surface area contributed by atoms with Gasteiger partial charge in [-0.1, -0.05) is 0 Å². The van der Waals surface area contributed by atoms with Gasteiger partial charge in [-0.3, -0.25) is 0 Å². The van der Waals surface area contributed by atoms with E-state index in [1.54, 1.807) is 11.3 Å². The van der Waals surface area contributed by atoms with Gasteiger partial charge < -0.3 is 20.1 Å². The van der Waals surface area contributed by atoms with Gasteiger partial charge in [-0.05, 0) is 40.0 Å². The minimum atomic E-state index is 0.308. The molecule has 0 bridgehead atoms. The first kappa shape index (κ1) is 19.1. The number of nitrogens with one attached hydrogen (secondary N) is 2. The normalized spacial score (nSPS) is 18.1. The van der Waals surface area contributed by atoms with Gasteiger partial charge in [0.05, 0.1) is 30.0 Å². The maximum Gasteiger partial charge on any atom is 0.191 e. The minimum absolute atomic E-state index is 0.308. The molecule has 0 amide bonds. The van der Waals surface area contributed by atoms with Gasteiger partial charge in [-0.2, -0.15) is 0 Å². The molecule has 1 saturated heterocycles. The van der Waals surface area contributed by atoms with Gasteiger partial charge in [0.2, 0.25) is 0 Å². The van der Waals surface area contributed by atoms with Crippen molar-refractivity contribution in [1.29, 1.82) is 0 Å². The number of hydrogen-bond acceptors (Lipinski definition) is 5. The van der Waals surface area contributed by atoms with Gasteiger partial charge in [0.15, 0.2) is 5.96 Å². The van der Waals surface area contributed by atoms with Crippen LogP contribution in [0.4, 0.5) is 0 Å². The van der Waals surface area contributed by atoms with Crippen LogP contribution in [-0.4, -0.2) is 50.0 Å². The second-order valence-corrected chi connectivity index (χ2v) is 7.21. The van der Waals surface area contributed by atoms with Crippen LogP contribution in [0, 0.1) is 13.8 Å². The van der Waals surface area contributed by atoms with Crippen molar-refractivity contribution in [3.05, 3.63) is 15.6 Å². The number of aryl methyl sites for hydroxylation is 2. The number of aliphatic imine (C=N–C) groups is 1. The van der Waals surface area contributed by atoms with E-state index < -0.39 is 0 Å². The zero-order valence-corrected chi connectivity index (χ0v) is 15.9. The van der Waals surface area contributed by atoms with Crippen molar-refractivity contribution >= 4 is 17.3 Å². The summed E-state index contributed by atoms with van der Waals surface area (Å²) in [5.41, 5.74) is 1.08. The predicted molar refractivity (Wildman–Crippen MR) is 98.8 cm³/mol. The Morgan fingerprint density at radius 1 is 1.42 bits per heavy atom. The molecule has 1 atom stereocenters. The Kier molecular flexibility index (Phi) is 8.49. The fraction of sp³-hybridized carbons (Fsp3) is 0.765. The summed E-state index contributed by atoms with van der Waals surface area (Å²) in [4.78, 5) is 10.3. The Labute approximate surface area is 149 Å². The van der Waals surface area contributed by atoms with Gasteiger partial charge in [0.1, 0.15) is 0 Å². The molecule has 0 saturated carbocycles. The third-order valence-electron chi connectivity index (χ3n) is 3.81. The monoisotopic (exact) mass is 354 g/mol. The molecule has 1 aromatic rings. The van der Waals surface area contributed by atoms with Crippen LogP contribution >= 0.6 is 11.3 Å². The van der Waals surface area contributed by atoms with Crippen molar-refractivity contribution in [3.8, 4) is 0 Å². The highest BCUT2D eigenvalue weighted by Gasteiger charge is 2.14. The smallest absolute Gasteiger partial charge is 0.191 e. The van der Waals surface area contributed by atoms with Crippen molar-refractivity contribution in [1.82, 2.24) is 15.6 Å². The quantitative estimate of drug-likeness (QED) is 0.405. The summed E-state index contributed by atoms with van der Waals surface area (Å²) in [6.45, 7) is 10.9. The molecule has 0 spiro atoms. The highest BCUT2D eigenvalue weighted by atomic mass is 32.1. The molecule has 1 fully saturated rings. The lowest BCUT2D eigenvalue weighted by molar-refractivity contribution is 0.0168. The molecule has 1 aliphatic rings. The standard InChI is InChI=1S/C17H30N4O2S/c1-4-18-17(20-11-16-13(2)21-14(3)24-16)19-8-6-9-22-12-15-7-5-10-23-15/h15H,4-12H2,1-3H3,(H2,18,19,20). The average Bonchev–Trinajstić information content (AvgIpc) is 3.17. The lowest BCUT2D eigenvalue weighted by atomic mass is 10.2. The summed E-state index contributed by atoms with van der Waals surface area (Å²) in [5.74, 6) is 0.849. The van der Waals surface area contributed by atoms with Crippen molar-refractivity contribution in [2.75, 3.05) is 32.9 Å². The molecule has 0 aliphatic carbocycles. The van der Waals surface area contributed by atoms with Gasteiger partial charge in [-0.25, -0.2) is 9.98 Å². The van der Waals surface area contributed by atoms with Gasteiger partial charge in [-0.15, -0.1) is 11.3 Å². The van der Waals surface area contributed by atoms with Crippen LogP contribution in [-0.2, 0) is 16.0 Å². The molecule has 24 heavy (non-hydrogen) atoms. The first-order valence-electron chi connectivity index (χ1n) is 8.83. The van der Waals surface area contributed by atoms with E-state index in [1.165, 1.54) is 4.88 Å². The van der Waals surface area contributed by atoms with Gasteiger partial charge in [0, 0.05) is 31.2 Å². The van der Waals surface area contributed by atoms with E-state index in [2.05, 4.69) is 27.5 Å². The fourth-order valence-corrected chi connectivity index (χ4v) is 3.45. The van der Waals surface area contributed by atoms with E-state index in [4.69, 9.17) is 9.47 Å². The lowest BCUT2D eigenvalue weighted by Gasteiger charge is -2.12. The van der Waals surface area contributed by atoms with Crippen LogP contribution in [0.2, 0.25) is 0 Å². The molecule has 2 rings (SSSR count). The first-order valence-corrected chi connectivity index (χ1v) is 9.65. The van der Waals surface area contributed by atoms with E-state index in [-0.39, 0.29) is 0 Å². The van der Waals surface area contributed by atoms with Crippen LogP contribution in [0.3, 0.4) is 0 Å². The number of ether oxygens (including phenoxy) is 2. The number of rotatable bonds is 9. The van der Waals surface area contributed by atoms with Gasteiger partial charge >= 0.3 is 0 Å². The van der Waals surface area contributed by atoms with Crippen LogP contribution in [0.1, 0.15) is 41.8 Å². The zero-order chi connectivity index (χ0) is 17.2. The lowest BCUT2D eigenvalue weighted by Crippen LogP contribution is -2.38. The summed E-state index contributed by atoms with van der Waals surface area (Å²) in [6, 6.07) is 0. The van der Waals surface area contributed by atoms with E-state index in [1.807, 2.05) is 13.8 Å². The van der Waals surface area contributed by atoms with Gasteiger partial charge in [0.25, 0.3) is 0 Å². The molecule has 1 unspecified atom stereocenters. The number of hydrogen-bond donors (Lipinski definition) is 2. The first-order chi connectivity index (χ1) is 11.7. The Bertz CT molecular complexity index is 513. The van der Waals surface area contributed by atoms with Crippen LogP contribution in [0.15, 0.2) is 4.99 Å². The Hall–Kier alpha value is -1.18. The second kappa shape index (κ2) is 10.6. The molecule has 0 radical (unpaired) electrons. The Balaban J connectivity index is 1.64. The SMILES string of the molecule is CCNC(=NCc1sc(C)nc1C)NCCCOCC1CCCO1. The molecule has 2 heterocycles. The van der Waals surface area contributed by atoms with Crippen molar-refractivity contribution in [2.45, 2.75) is 52.7 Å². The molecule has 1 aliphatic heterocycles. The number of thiazole rings is 1. The molecule has 2 N–H and O–H groups in total. The Morgan fingerprint density at radius 3 is 2.96 bits per heavy atom. The van der Waals surface area contributed by atoms with E-state index in [0.29, 0.717) is 12.6 Å². The number of guanidine groups is 1. The Morgan fingerprint density at radius 2 is 2.29 bits per heavy atom. The molecule has 6 nitrogen and oxygen atoms in total. The molecular weight excluding hydrogens is 324 g/mol. The van der Waals surface area contributed by atoms with E-state index in [0.717, 1.165) is 68.8 Å². The molecule has 1 aromatic heterocycles. The topological polar surface area (TPSA) is 67.8 Å². The highest BCUT2D eigenvalue weighted by molar-refractivity contribution is 7.11. The van der Waals surface area contributed by atoms with E-state index in [9.17, 15) is 0 Å². The van der Waals surface area contributed by atoms with Crippen LogP contribution in [0.5, 0.6) is 0 Å². The number of aromatic nitrogens is 1. The predicted octanol–water partition coefficient (Wildman–Crippen LogP) is 2.40. The fourth-order valence-electron chi connectivity index (χ4n) is 2.58. The molecule has 7 heteroatoms. The summed E-state index contributed by atoms with van der Waals surface area (Å²) in [6.07, 6.45) is 3.56. The minimum Gasteiger partial charge on any atom is -0.379 e. The summed E-state index contributed by atoms with van der Waals surface area (Å²) >= 11 is 1.72. The highest BCUT2D eigenvalue weighted by Crippen LogP contribution is 2.17. The van der Waals surface area contributed by atoms with E-state index >= 15 is 0 Å². The van der Waals surface area contributed by atoms with Crippen molar-refractivity contribution in [2.24, 2.45) is 4.99 Å². The maximum atomic E-state index is 5.68. The summed E-state index contributed by atoms with van der Waals surface area (Å²) < 4.78 is 11.2. The largest absolute Gasteiger partial charge is 0.379 e. The van der Waals surface area contributed by atoms with Crippen molar-refractivity contribution < 1.29 is 9.47 Å². The summed E-state index contributed by atoms with van der Waals surface area (Å²) in [5, 5.41) is 7.73. The third kappa shape index (κ3) is 6.75.